The van der Waals surface area contributed by atoms with Crippen molar-refractivity contribution in [3.8, 4) is 0 Å². The normalized spacial score (nSPS) is 18.6. The summed E-state index contributed by atoms with van der Waals surface area (Å²) in [6.07, 6.45) is 12.7. The predicted molar refractivity (Wildman–Crippen MR) is 94.5 cm³/mol. The minimum atomic E-state index is 1.03. The fourth-order valence-electron chi connectivity index (χ4n) is 3.12. The summed E-state index contributed by atoms with van der Waals surface area (Å²) in [4.78, 5) is 0. The summed E-state index contributed by atoms with van der Waals surface area (Å²) in [6, 6.07) is 0. The maximum atomic E-state index is 3.57. The molecule has 1 fully saturated rings. The van der Waals surface area contributed by atoms with Gasteiger partial charge in [0.25, 0.3) is 0 Å². The largest absolute Gasteiger partial charge is 0.326 e. The molecule has 1 saturated heterocycles. The van der Waals surface area contributed by atoms with Gasteiger partial charge in [-0.05, 0) is 52.9 Å². The molecule has 1 N–H and O–H groups in total. The van der Waals surface area contributed by atoms with E-state index in [1.54, 1.807) is 0 Å². The Kier molecular flexibility index (Phi) is 8.94. The highest BCUT2D eigenvalue weighted by molar-refractivity contribution is 5.02. The van der Waals surface area contributed by atoms with Crippen LogP contribution in [0.5, 0.6) is 0 Å². The topological polar surface area (TPSA) is 12.0 Å². The third-order valence-corrected chi connectivity index (χ3v) is 4.63. The van der Waals surface area contributed by atoms with Gasteiger partial charge in [0, 0.05) is 19.5 Å². The first-order valence-corrected chi connectivity index (χ1v) is 8.85. The van der Waals surface area contributed by atoms with E-state index in [4.69, 9.17) is 0 Å². The molecule has 1 heterocycles. The zero-order valence-electron chi connectivity index (χ0n) is 14.9. The average molecular weight is 294 g/mol. The van der Waals surface area contributed by atoms with Crippen molar-refractivity contribution >= 4 is 0 Å². The summed E-state index contributed by atoms with van der Waals surface area (Å²) in [5.74, 6) is 0. The highest BCUT2D eigenvalue weighted by Crippen LogP contribution is 2.16. The van der Waals surface area contributed by atoms with Gasteiger partial charge in [-0.25, -0.2) is 0 Å². The van der Waals surface area contributed by atoms with Crippen LogP contribution in [0.15, 0.2) is 23.3 Å². The second-order valence-electron chi connectivity index (χ2n) is 7.28. The number of quaternary nitrogens is 1. The second-order valence-corrected chi connectivity index (χ2v) is 7.28. The fraction of sp³-hybridized carbons (Fsp3) is 0.789. The summed E-state index contributed by atoms with van der Waals surface area (Å²) in [7, 11) is 2.44. The van der Waals surface area contributed by atoms with Crippen LogP contribution in [0.4, 0.5) is 0 Å². The molecular weight excluding hydrogens is 256 g/mol. The van der Waals surface area contributed by atoms with Crippen LogP contribution in [0, 0.1) is 0 Å². The molecule has 1 rings (SSSR count). The lowest BCUT2D eigenvalue weighted by atomic mass is 10.1. The molecule has 1 aliphatic rings. The molecule has 0 radical (unpaired) electrons. The first kappa shape index (κ1) is 18.4. The van der Waals surface area contributed by atoms with Gasteiger partial charge < -0.3 is 9.80 Å². The van der Waals surface area contributed by atoms with Gasteiger partial charge in [-0.1, -0.05) is 23.3 Å². The molecule has 0 amide bonds. The van der Waals surface area contributed by atoms with Gasteiger partial charge in [0.2, 0.25) is 0 Å². The van der Waals surface area contributed by atoms with Gasteiger partial charge in [-0.15, -0.1) is 0 Å². The molecule has 0 bridgehead atoms. The molecule has 0 atom stereocenters. The molecule has 122 valence electrons. The molecule has 0 aromatic rings. The number of piperidine rings is 1. The van der Waals surface area contributed by atoms with Crippen molar-refractivity contribution < 1.29 is 4.48 Å². The highest BCUT2D eigenvalue weighted by Gasteiger charge is 2.23. The zero-order valence-corrected chi connectivity index (χ0v) is 14.9. The van der Waals surface area contributed by atoms with Crippen LogP contribution < -0.4 is 5.32 Å². The van der Waals surface area contributed by atoms with E-state index < -0.39 is 0 Å². The van der Waals surface area contributed by atoms with E-state index in [1.807, 2.05) is 0 Å². The van der Waals surface area contributed by atoms with Gasteiger partial charge in [0.15, 0.2) is 0 Å². The number of nitrogens with zero attached hydrogens (tertiary/aromatic N) is 1. The number of rotatable bonds is 9. The first-order chi connectivity index (χ1) is 10.0. The molecule has 0 aromatic carbocycles. The predicted octanol–water partition coefficient (Wildman–Crippen LogP) is 4.29. The smallest absolute Gasteiger partial charge is 0.0796 e. The minimum Gasteiger partial charge on any atom is -0.326 e. The Morgan fingerprint density at radius 3 is 2.43 bits per heavy atom. The lowest BCUT2D eigenvalue weighted by molar-refractivity contribution is -0.914. The molecule has 0 aromatic heterocycles. The van der Waals surface area contributed by atoms with Crippen molar-refractivity contribution in [2.45, 2.75) is 59.3 Å². The van der Waals surface area contributed by atoms with Crippen molar-refractivity contribution in [2.24, 2.45) is 0 Å². The van der Waals surface area contributed by atoms with Gasteiger partial charge in [0.1, 0.15) is 0 Å². The monoisotopic (exact) mass is 293 g/mol. The van der Waals surface area contributed by atoms with E-state index in [0.717, 1.165) is 13.1 Å². The molecule has 21 heavy (non-hydrogen) atoms. The Morgan fingerprint density at radius 1 is 1.05 bits per heavy atom. The molecule has 2 nitrogen and oxygen atoms in total. The Balaban J connectivity index is 2.04. The van der Waals surface area contributed by atoms with Crippen molar-refractivity contribution in [2.75, 3.05) is 39.8 Å². The van der Waals surface area contributed by atoms with Gasteiger partial charge in [0.05, 0.1) is 26.7 Å². The standard InChI is InChI=1S/C19H37N2/c1-18(2)10-8-11-19(3)12-14-20-13-9-17-21(4)15-6-5-7-16-21/h10,12,20H,5-9,11,13-17H2,1-4H3/q+1/b19-12+. The molecule has 1 aliphatic heterocycles. The van der Waals surface area contributed by atoms with Crippen molar-refractivity contribution in [3.05, 3.63) is 23.3 Å². The van der Waals surface area contributed by atoms with E-state index >= 15 is 0 Å². The second kappa shape index (κ2) is 10.2. The van der Waals surface area contributed by atoms with Gasteiger partial charge in [-0.2, -0.15) is 0 Å². The number of nitrogens with one attached hydrogen (secondary N) is 1. The van der Waals surface area contributed by atoms with Crippen LogP contribution in [-0.4, -0.2) is 44.3 Å². The first-order valence-electron chi connectivity index (χ1n) is 8.85. The summed E-state index contributed by atoms with van der Waals surface area (Å²) >= 11 is 0. The summed E-state index contributed by atoms with van der Waals surface area (Å²) < 4.78 is 1.30. The molecule has 0 spiro atoms. The van der Waals surface area contributed by atoms with Crippen molar-refractivity contribution in [1.82, 2.24) is 5.32 Å². The van der Waals surface area contributed by atoms with E-state index in [0.29, 0.717) is 0 Å². The molecule has 0 unspecified atom stereocenters. The third-order valence-electron chi connectivity index (χ3n) is 4.63. The number of hydrogen-bond donors (Lipinski definition) is 1. The molecule has 0 saturated carbocycles. The van der Waals surface area contributed by atoms with Crippen LogP contribution in [0.25, 0.3) is 0 Å². The van der Waals surface area contributed by atoms with Crippen LogP contribution >= 0.6 is 0 Å². The summed E-state index contributed by atoms with van der Waals surface area (Å²) in [5, 5.41) is 3.57. The molecular formula is C19H37N2+. The van der Waals surface area contributed by atoms with Crippen LogP contribution in [0.2, 0.25) is 0 Å². The quantitative estimate of drug-likeness (QED) is 0.380. The average Bonchev–Trinajstić information content (AvgIpc) is 2.43. The van der Waals surface area contributed by atoms with Gasteiger partial charge in [-0.3, -0.25) is 0 Å². The number of likely N-dealkylation sites (tertiary alicyclic amines) is 1. The molecule has 0 aliphatic carbocycles. The maximum absolute atomic E-state index is 3.57. The number of allylic oxidation sites excluding steroid dienone is 3. The third kappa shape index (κ3) is 9.10. The van der Waals surface area contributed by atoms with Crippen molar-refractivity contribution in [3.63, 3.8) is 0 Å². The Bertz CT molecular complexity index is 331. The summed E-state index contributed by atoms with van der Waals surface area (Å²) in [6.45, 7) is 12.9. The van der Waals surface area contributed by atoms with E-state index in [1.165, 1.54) is 73.8 Å². The van der Waals surface area contributed by atoms with E-state index in [-0.39, 0.29) is 0 Å². The highest BCUT2D eigenvalue weighted by atomic mass is 15.3. The fourth-order valence-corrected chi connectivity index (χ4v) is 3.12. The minimum absolute atomic E-state index is 1.03. The van der Waals surface area contributed by atoms with Gasteiger partial charge >= 0.3 is 0 Å². The van der Waals surface area contributed by atoms with E-state index in [2.05, 4.69) is 45.3 Å². The zero-order chi connectivity index (χ0) is 15.6. The van der Waals surface area contributed by atoms with E-state index in [9.17, 15) is 0 Å². The Hall–Kier alpha value is -0.600. The Labute approximate surface area is 132 Å². The number of hydrogen-bond acceptors (Lipinski definition) is 1. The van der Waals surface area contributed by atoms with Crippen LogP contribution in [0.1, 0.15) is 59.3 Å². The molecule has 2 heteroatoms. The van der Waals surface area contributed by atoms with Crippen LogP contribution in [0.3, 0.4) is 0 Å². The lowest BCUT2D eigenvalue weighted by Crippen LogP contribution is -2.48. The van der Waals surface area contributed by atoms with Crippen molar-refractivity contribution in [1.29, 1.82) is 0 Å². The SMILES string of the molecule is CC(C)=CCC/C(C)=C/CNCCC[N+]1(C)CCCCC1. The Morgan fingerprint density at radius 2 is 1.76 bits per heavy atom. The maximum Gasteiger partial charge on any atom is 0.0796 e. The lowest BCUT2D eigenvalue weighted by Gasteiger charge is -2.37. The van der Waals surface area contributed by atoms with Crippen LogP contribution in [-0.2, 0) is 0 Å². The summed E-state index contributed by atoms with van der Waals surface area (Å²) in [5.41, 5.74) is 2.94.